The van der Waals surface area contributed by atoms with E-state index in [-0.39, 0.29) is 11.7 Å². The third-order valence-corrected chi connectivity index (χ3v) is 4.55. The van der Waals surface area contributed by atoms with E-state index in [9.17, 15) is 8.78 Å². The standard InChI is InChI=1S/C19H23F2N5/c1-13-5-4-9-23-17(13)11-24-19(22-2)25-14-8-10-26(12-14)18-15(20)6-3-7-16(18)21/h3-7,9,14H,8,10-12H2,1-2H3,(H2,22,24,25). The average Bonchev–Trinajstić information content (AvgIpc) is 3.07. The fourth-order valence-electron chi connectivity index (χ4n) is 3.13. The molecule has 1 saturated heterocycles. The Balaban J connectivity index is 1.58. The van der Waals surface area contributed by atoms with Gasteiger partial charge in [0, 0.05) is 32.4 Å². The molecule has 0 aliphatic carbocycles. The average molecular weight is 359 g/mol. The van der Waals surface area contributed by atoms with Crippen LogP contribution in [0.5, 0.6) is 0 Å². The second-order valence-corrected chi connectivity index (χ2v) is 6.34. The van der Waals surface area contributed by atoms with Crippen molar-refractivity contribution in [1.29, 1.82) is 0 Å². The molecule has 0 spiro atoms. The van der Waals surface area contributed by atoms with Crippen LogP contribution in [0.1, 0.15) is 17.7 Å². The number of benzene rings is 1. The van der Waals surface area contributed by atoms with Crippen molar-refractivity contribution in [2.24, 2.45) is 4.99 Å². The number of pyridine rings is 1. The van der Waals surface area contributed by atoms with E-state index < -0.39 is 11.6 Å². The van der Waals surface area contributed by atoms with Crippen molar-refractivity contribution in [3.8, 4) is 0 Å². The highest BCUT2D eigenvalue weighted by atomic mass is 19.1. The van der Waals surface area contributed by atoms with Gasteiger partial charge in [0.2, 0.25) is 0 Å². The molecule has 0 radical (unpaired) electrons. The minimum absolute atomic E-state index is 0.0452. The predicted molar refractivity (Wildman–Crippen MR) is 99.3 cm³/mol. The number of guanidine groups is 1. The summed E-state index contributed by atoms with van der Waals surface area (Å²) in [5.74, 6) is -0.409. The number of para-hydroxylation sites is 1. The molecule has 1 unspecified atom stereocenters. The number of anilines is 1. The van der Waals surface area contributed by atoms with E-state index in [0.717, 1.165) is 17.7 Å². The fraction of sp³-hybridized carbons (Fsp3) is 0.368. The highest BCUT2D eigenvalue weighted by Gasteiger charge is 2.27. The van der Waals surface area contributed by atoms with E-state index in [2.05, 4.69) is 20.6 Å². The smallest absolute Gasteiger partial charge is 0.191 e. The van der Waals surface area contributed by atoms with Crippen molar-refractivity contribution < 1.29 is 8.78 Å². The molecule has 0 bridgehead atoms. The number of nitrogens with zero attached hydrogens (tertiary/aromatic N) is 3. The highest BCUT2D eigenvalue weighted by Crippen LogP contribution is 2.26. The number of aromatic nitrogens is 1. The Morgan fingerprint density at radius 3 is 2.73 bits per heavy atom. The van der Waals surface area contributed by atoms with E-state index in [0.29, 0.717) is 25.6 Å². The van der Waals surface area contributed by atoms with Crippen molar-refractivity contribution in [3.63, 3.8) is 0 Å². The maximum Gasteiger partial charge on any atom is 0.191 e. The second-order valence-electron chi connectivity index (χ2n) is 6.34. The summed E-state index contributed by atoms with van der Waals surface area (Å²) in [5, 5.41) is 6.56. The molecule has 0 amide bonds. The van der Waals surface area contributed by atoms with Crippen molar-refractivity contribution in [3.05, 3.63) is 59.4 Å². The molecule has 1 aliphatic heterocycles. The maximum absolute atomic E-state index is 14.0. The van der Waals surface area contributed by atoms with Gasteiger partial charge < -0.3 is 15.5 Å². The van der Waals surface area contributed by atoms with Crippen molar-refractivity contribution >= 4 is 11.6 Å². The van der Waals surface area contributed by atoms with Gasteiger partial charge in [-0.05, 0) is 37.1 Å². The SMILES string of the molecule is CN=C(NCc1ncccc1C)NC1CCN(c2c(F)cccc2F)C1. The molecule has 26 heavy (non-hydrogen) atoms. The van der Waals surface area contributed by atoms with E-state index in [1.54, 1.807) is 18.1 Å². The monoisotopic (exact) mass is 359 g/mol. The molecule has 1 aliphatic rings. The number of nitrogens with one attached hydrogen (secondary N) is 2. The normalized spacial score (nSPS) is 17.5. The van der Waals surface area contributed by atoms with Crippen molar-refractivity contribution in [1.82, 2.24) is 15.6 Å². The van der Waals surface area contributed by atoms with Crippen LogP contribution < -0.4 is 15.5 Å². The summed E-state index contributed by atoms with van der Waals surface area (Å²) in [4.78, 5) is 10.3. The molecule has 2 heterocycles. The molecule has 7 heteroatoms. The van der Waals surface area contributed by atoms with Crippen LogP contribution in [-0.2, 0) is 6.54 Å². The van der Waals surface area contributed by atoms with E-state index in [1.807, 2.05) is 19.1 Å². The van der Waals surface area contributed by atoms with Crippen molar-refractivity contribution in [2.75, 3.05) is 25.0 Å². The Bertz CT molecular complexity index is 773. The predicted octanol–water partition coefficient (Wildman–Crippen LogP) is 2.61. The molecule has 138 valence electrons. The minimum Gasteiger partial charge on any atom is -0.365 e. The third kappa shape index (κ3) is 4.09. The lowest BCUT2D eigenvalue weighted by Gasteiger charge is -2.21. The van der Waals surface area contributed by atoms with Crippen molar-refractivity contribution in [2.45, 2.75) is 25.9 Å². The van der Waals surface area contributed by atoms with Gasteiger partial charge in [-0.2, -0.15) is 0 Å². The van der Waals surface area contributed by atoms with Gasteiger partial charge in [0.15, 0.2) is 5.96 Å². The first-order chi connectivity index (χ1) is 12.6. The lowest BCUT2D eigenvalue weighted by molar-refractivity contribution is 0.576. The summed E-state index contributed by atoms with van der Waals surface area (Å²) in [6.45, 7) is 3.68. The van der Waals surface area contributed by atoms with E-state index in [1.165, 1.54) is 18.2 Å². The summed E-state index contributed by atoms with van der Waals surface area (Å²) in [7, 11) is 1.70. The van der Waals surface area contributed by atoms with Crippen LogP contribution in [0.3, 0.4) is 0 Å². The summed E-state index contributed by atoms with van der Waals surface area (Å²) in [6, 6.07) is 7.93. The number of aryl methyl sites for hydroxylation is 1. The van der Waals surface area contributed by atoms with Crippen LogP contribution in [0.25, 0.3) is 0 Å². The molecule has 3 rings (SSSR count). The van der Waals surface area contributed by atoms with Crippen LogP contribution in [0, 0.1) is 18.6 Å². The topological polar surface area (TPSA) is 52.6 Å². The van der Waals surface area contributed by atoms with Gasteiger partial charge in [0.05, 0.1) is 12.2 Å². The second kappa shape index (κ2) is 8.12. The van der Waals surface area contributed by atoms with Gasteiger partial charge >= 0.3 is 0 Å². The van der Waals surface area contributed by atoms with E-state index >= 15 is 0 Å². The number of hydrogen-bond donors (Lipinski definition) is 2. The first-order valence-corrected chi connectivity index (χ1v) is 8.65. The van der Waals surface area contributed by atoms with Gasteiger partial charge in [-0.3, -0.25) is 9.98 Å². The Hall–Kier alpha value is -2.70. The van der Waals surface area contributed by atoms with Crippen LogP contribution in [0.4, 0.5) is 14.5 Å². The number of hydrogen-bond acceptors (Lipinski definition) is 3. The Morgan fingerprint density at radius 1 is 1.27 bits per heavy atom. The molecule has 1 atom stereocenters. The van der Waals surface area contributed by atoms with Gasteiger partial charge in [0.1, 0.15) is 17.3 Å². The van der Waals surface area contributed by atoms with Gasteiger partial charge in [-0.15, -0.1) is 0 Å². The summed E-state index contributed by atoms with van der Waals surface area (Å²) >= 11 is 0. The summed E-state index contributed by atoms with van der Waals surface area (Å²) < 4.78 is 27.9. The zero-order valence-corrected chi connectivity index (χ0v) is 15.0. The van der Waals surface area contributed by atoms with Crippen LogP contribution in [0.15, 0.2) is 41.5 Å². The number of halogens is 2. The summed E-state index contributed by atoms with van der Waals surface area (Å²) in [6.07, 6.45) is 2.54. The molecule has 1 fully saturated rings. The highest BCUT2D eigenvalue weighted by molar-refractivity contribution is 5.80. The van der Waals surface area contributed by atoms with Crippen LogP contribution >= 0.6 is 0 Å². The Kier molecular flexibility index (Phi) is 5.65. The number of aliphatic imine (C=N–C) groups is 1. The summed E-state index contributed by atoms with van der Waals surface area (Å²) in [5.41, 5.74) is 2.11. The molecule has 5 nitrogen and oxygen atoms in total. The molecular weight excluding hydrogens is 336 g/mol. The zero-order chi connectivity index (χ0) is 18.5. The molecular formula is C19H23F2N5. The van der Waals surface area contributed by atoms with E-state index in [4.69, 9.17) is 0 Å². The number of rotatable bonds is 4. The van der Waals surface area contributed by atoms with Crippen LogP contribution in [-0.4, -0.2) is 37.1 Å². The fourth-order valence-corrected chi connectivity index (χ4v) is 3.13. The minimum atomic E-state index is -0.529. The Labute approximate surface area is 152 Å². The Morgan fingerprint density at radius 2 is 2.04 bits per heavy atom. The van der Waals surface area contributed by atoms with Gasteiger partial charge in [-0.25, -0.2) is 8.78 Å². The molecule has 0 saturated carbocycles. The maximum atomic E-state index is 14.0. The quantitative estimate of drug-likeness (QED) is 0.651. The third-order valence-electron chi connectivity index (χ3n) is 4.55. The molecule has 1 aromatic heterocycles. The molecule has 1 aromatic carbocycles. The lowest BCUT2D eigenvalue weighted by Crippen LogP contribution is -2.44. The lowest BCUT2D eigenvalue weighted by atomic mass is 10.2. The van der Waals surface area contributed by atoms with Gasteiger partial charge in [0.25, 0.3) is 0 Å². The van der Waals surface area contributed by atoms with Crippen LogP contribution in [0.2, 0.25) is 0 Å². The first kappa shape index (κ1) is 18.1. The largest absolute Gasteiger partial charge is 0.365 e. The van der Waals surface area contributed by atoms with Gasteiger partial charge in [-0.1, -0.05) is 12.1 Å². The first-order valence-electron chi connectivity index (χ1n) is 8.65. The molecule has 2 aromatic rings. The molecule has 2 N–H and O–H groups in total. The zero-order valence-electron chi connectivity index (χ0n) is 15.0.